The van der Waals surface area contributed by atoms with Crippen LogP contribution in [-0.4, -0.2) is 31.7 Å². The van der Waals surface area contributed by atoms with Crippen LogP contribution in [0.15, 0.2) is 54.6 Å². The van der Waals surface area contributed by atoms with E-state index < -0.39 is 0 Å². The van der Waals surface area contributed by atoms with Gasteiger partial charge in [0.05, 0.1) is 13.2 Å². The normalized spacial score (nSPS) is 16.3. The number of anilines is 3. The molecule has 1 atom stereocenters. The first kappa shape index (κ1) is 19.6. The molecular formula is C19H22ClN3O3. The zero-order valence-electron chi connectivity index (χ0n) is 14.5. The van der Waals surface area contributed by atoms with Crippen molar-refractivity contribution in [1.82, 2.24) is 0 Å². The van der Waals surface area contributed by atoms with Crippen LogP contribution >= 0.6 is 12.4 Å². The molecule has 3 rings (SSSR count). The number of ether oxygens (including phenoxy) is 1. The van der Waals surface area contributed by atoms with E-state index in [0.717, 1.165) is 11.4 Å². The highest BCUT2D eigenvalue weighted by molar-refractivity contribution is 6.07. The number of esters is 1. The number of benzene rings is 2. The molecule has 0 aliphatic carbocycles. The number of hydrogen-bond donors (Lipinski definition) is 1. The van der Waals surface area contributed by atoms with Gasteiger partial charge in [0.1, 0.15) is 0 Å². The second kappa shape index (κ2) is 8.58. The Bertz CT molecular complexity index is 770. The van der Waals surface area contributed by atoms with E-state index in [1.807, 2.05) is 42.5 Å². The monoisotopic (exact) mass is 375 g/mol. The number of halogens is 1. The number of nitrogens with zero attached hydrogens (tertiary/aromatic N) is 2. The highest BCUT2D eigenvalue weighted by atomic mass is 35.5. The summed E-state index contributed by atoms with van der Waals surface area (Å²) in [5.74, 6) is -0.275. The van der Waals surface area contributed by atoms with Gasteiger partial charge in [-0.05, 0) is 36.8 Å². The lowest BCUT2D eigenvalue weighted by atomic mass is 10.1. The Hall–Kier alpha value is -2.73. The van der Waals surface area contributed by atoms with Gasteiger partial charge in [-0.15, -0.1) is 12.4 Å². The number of nitrogens with two attached hydrogens (primary N) is 1. The molecule has 7 heteroatoms. The summed E-state index contributed by atoms with van der Waals surface area (Å²) in [6.07, 6.45) is 0.800. The summed E-state index contributed by atoms with van der Waals surface area (Å²) in [5.41, 5.74) is 8.03. The summed E-state index contributed by atoms with van der Waals surface area (Å²) in [7, 11) is 1.37. The van der Waals surface area contributed by atoms with Crippen molar-refractivity contribution in [3.63, 3.8) is 0 Å². The molecule has 2 aromatic carbocycles. The summed E-state index contributed by atoms with van der Waals surface area (Å²) in [4.78, 5) is 28.0. The summed E-state index contributed by atoms with van der Waals surface area (Å²) in [6, 6.07) is 16.5. The Balaban J connectivity index is 0.00000243. The number of carbonyl (C=O) groups excluding carboxylic acids is 2. The van der Waals surface area contributed by atoms with Crippen LogP contribution in [0.1, 0.15) is 12.8 Å². The third kappa shape index (κ3) is 4.08. The van der Waals surface area contributed by atoms with Crippen molar-refractivity contribution in [3.05, 3.63) is 54.6 Å². The average Bonchev–Trinajstić information content (AvgIpc) is 2.96. The van der Waals surface area contributed by atoms with Gasteiger partial charge in [0.25, 0.3) is 0 Å². The fourth-order valence-electron chi connectivity index (χ4n) is 3.08. The number of hydrogen-bond acceptors (Lipinski definition) is 4. The SMILES string of the molecule is COC(=O)CCC1CN(c2cccc(N)c2)C(=O)N1c1ccccc1.Cl. The van der Waals surface area contributed by atoms with Crippen molar-refractivity contribution < 1.29 is 14.3 Å². The third-order valence-electron chi connectivity index (χ3n) is 4.32. The highest BCUT2D eigenvalue weighted by Gasteiger charge is 2.39. The molecule has 1 aliphatic heterocycles. The fourth-order valence-corrected chi connectivity index (χ4v) is 3.08. The van der Waals surface area contributed by atoms with E-state index in [0.29, 0.717) is 18.7 Å². The summed E-state index contributed by atoms with van der Waals surface area (Å²) in [6.45, 7) is 0.494. The van der Waals surface area contributed by atoms with E-state index in [1.54, 1.807) is 21.9 Å². The zero-order valence-corrected chi connectivity index (χ0v) is 15.3. The van der Waals surface area contributed by atoms with Crippen molar-refractivity contribution in [2.75, 3.05) is 29.2 Å². The van der Waals surface area contributed by atoms with Gasteiger partial charge >= 0.3 is 12.0 Å². The van der Waals surface area contributed by atoms with Crippen molar-refractivity contribution in [1.29, 1.82) is 0 Å². The standard InChI is InChI=1S/C19H21N3O3.ClH/c1-25-18(23)11-10-17-13-21(16-9-5-6-14(20)12-16)19(24)22(17)15-7-3-2-4-8-15;/h2-9,12,17H,10-11,13,20H2,1H3;1H. The minimum absolute atomic E-state index is 0. The first-order valence-electron chi connectivity index (χ1n) is 8.18. The number of methoxy groups -OCH3 is 1. The Morgan fingerprint density at radius 1 is 1.15 bits per heavy atom. The van der Waals surface area contributed by atoms with E-state index >= 15 is 0 Å². The molecule has 2 amide bonds. The molecule has 0 bridgehead atoms. The molecule has 1 heterocycles. The maximum Gasteiger partial charge on any atom is 0.329 e. The third-order valence-corrected chi connectivity index (χ3v) is 4.32. The predicted octanol–water partition coefficient (Wildman–Crippen LogP) is 3.46. The minimum Gasteiger partial charge on any atom is -0.469 e. The van der Waals surface area contributed by atoms with Gasteiger partial charge in [-0.3, -0.25) is 14.6 Å². The number of para-hydroxylation sites is 1. The number of nitrogen functional groups attached to an aromatic ring is 1. The van der Waals surface area contributed by atoms with E-state index in [9.17, 15) is 9.59 Å². The summed E-state index contributed by atoms with van der Waals surface area (Å²) >= 11 is 0. The van der Waals surface area contributed by atoms with E-state index in [2.05, 4.69) is 0 Å². The van der Waals surface area contributed by atoms with Crippen LogP contribution in [0.25, 0.3) is 0 Å². The molecule has 0 spiro atoms. The number of urea groups is 1. The molecule has 0 saturated carbocycles. The van der Waals surface area contributed by atoms with Crippen LogP contribution in [0.4, 0.5) is 21.9 Å². The van der Waals surface area contributed by atoms with Crippen LogP contribution in [0.5, 0.6) is 0 Å². The lowest BCUT2D eigenvalue weighted by Gasteiger charge is -2.23. The first-order valence-corrected chi connectivity index (χ1v) is 8.18. The Morgan fingerprint density at radius 3 is 2.50 bits per heavy atom. The van der Waals surface area contributed by atoms with Gasteiger partial charge in [0, 0.05) is 30.0 Å². The fraction of sp³-hybridized carbons (Fsp3) is 0.263. The predicted molar refractivity (Wildman–Crippen MR) is 105 cm³/mol. The molecule has 2 N–H and O–H groups in total. The Kier molecular flexibility index (Phi) is 6.46. The lowest BCUT2D eigenvalue weighted by molar-refractivity contribution is -0.140. The smallest absolute Gasteiger partial charge is 0.329 e. The molecule has 1 unspecified atom stereocenters. The average molecular weight is 376 g/mol. The van der Waals surface area contributed by atoms with Crippen molar-refractivity contribution in [3.8, 4) is 0 Å². The van der Waals surface area contributed by atoms with E-state index in [-0.39, 0.29) is 36.9 Å². The second-order valence-corrected chi connectivity index (χ2v) is 5.96. The quantitative estimate of drug-likeness (QED) is 0.641. The molecule has 6 nitrogen and oxygen atoms in total. The molecule has 138 valence electrons. The molecule has 26 heavy (non-hydrogen) atoms. The van der Waals surface area contributed by atoms with Gasteiger partial charge in [0.2, 0.25) is 0 Å². The maximum absolute atomic E-state index is 13.0. The largest absolute Gasteiger partial charge is 0.469 e. The van der Waals surface area contributed by atoms with Gasteiger partial charge in [-0.1, -0.05) is 24.3 Å². The molecule has 0 aromatic heterocycles. The number of carbonyl (C=O) groups is 2. The van der Waals surface area contributed by atoms with Crippen molar-refractivity contribution in [2.24, 2.45) is 0 Å². The summed E-state index contributed by atoms with van der Waals surface area (Å²) in [5, 5.41) is 0. The number of rotatable bonds is 5. The van der Waals surface area contributed by atoms with Crippen LogP contribution in [0.3, 0.4) is 0 Å². The molecule has 2 aromatic rings. The van der Waals surface area contributed by atoms with Crippen LogP contribution in [-0.2, 0) is 9.53 Å². The molecule has 0 radical (unpaired) electrons. The van der Waals surface area contributed by atoms with Gasteiger partial charge < -0.3 is 10.5 Å². The number of amides is 2. The van der Waals surface area contributed by atoms with Crippen molar-refractivity contribution >= 4 is 41.5 Å². The van der Waals surface area contributed by atoms with Crippen molar-refractivity contribution in [2.45, 2.75) is 18.9 Å². The minimum atomic E-state index is -0.275. The second-order valence-electron chi connectivity index (χ2n) is 5.96. The Labute approximate surface area is 158 Å². The van der Waals surface area contributed by atoms with Gasteiger partial charge in [-0.25, -0.2) is 4.79 Å². The van der Waals surface area contributed by atoms with E-state index in [1.165, 1.54) is 7.11 Å². The van der Waals surface area contributed by atoms with Gasteiger partial charge in [0.15, 0.2) is 0 Å². The molecule has 1 saturated heterocycles. The zero-order chi connectivity index (χ0) is 17.8. The lowest BCUT2D eigenvalue weighted by Crippen LogP contribution is -2.35. The van der Waals surface area contributed by atoms with Crippen LogP contribution in [0, 0.1) is 0 Å². The van der Waals surface area contributed by atoms with Crippen LogP contribution < -0.4 is 15.5 Å². The molecule has 1 fully saturated rings. The van der Waals surface area contributed by atoms with Crippen LogP contribution in [0.2, 0.25) is 0 Å². The van der Waals surface area contributed by atoms with Gasteiger partial charge in [-0.2, -0.15) is 0 Å². The Morgan fingerprint density at radius 2 is 1.85 bits per heavy atom. The summed E-state index contributed by atoms with van der Waals surface area (Å²) < 4.78 is 4.73. The van der Waals surface area contributed by atoms with E-state index in [4.69, 9.17) is 10.5 Å². The molecule has 1 aliphatic rings. The molecular weight excluding hydrogens is 354 g/mol. The highest BCUT2D eigenvalue weighted by Crippen LogP contribution is 2.31. The topological polar surface area (TPSA) is 75.9 Å². The first-order chi connectivity index (χ1) is 12.1. The maximum atomic E-state index is 13.0.